The predicted molar refractivity (Wildman–Crippen MR) is 126 cm³/mol. The predicted octanol–water partition coefficient (Wildman–Crippen LogP) is 3.84. The van der Waals surface area contributed by atoms with Crippen molar-refractivity contribution in [2.45, 2.75) is 33.7 Å². The Kier molecular flexibility index (Phi) is 6.06. The van der Waals surface area contributed by atoms with Crippen LogP contribution < -0.4 is 10.6 Å². The Bertz CT molecular complexity index is 1260. The van der Waals surface area contributed by atoms with Crippen LogP contribution in [0.4, 0.5) is 0 Å². The van der Waals surface area contributed by atoms with Gasteiger partial charge in [-0.1, -0.05) is 48.6 Å². The molecule has 0 aliphatic heterocycles. The van der Waals surface area contributed by atoms with Crippen LogP contribution in [0.2, 0.25) is 0 Å². The van der Waals surface area contributed by atoms with Crippen molar-refractivity contribution in [3.05, 3.63) is 70.5 Å². The zero-order valence-electron chi connectivity index (χ0n) is 17.5. The third-order valence-corrected chi connectivity index (χ3v) is 6.22. The highest BCUT2D eigenvalue weighted by molar-refractivity contribution is 7.80. The molecule has 2 heterocycles. The summed E-state index contributed by atoms with van der Waals surface area (Å²) in [5.74, 6) is 0.639. The Morgan fingerprint density at radius 1 is 1.10 bits per heavy atom. The summed E-state index contributed by atoms with van der Waals surface area (Å²) in [5.41, 5.74) is 4.88. The molecule has 31 heavy (non-hydrogen) atoms. The molecule has 0 unspecified atom stereocenters. The number of carbonyl (C=O) groups excluding carboxylic acids is 1. The molecular weight excluding hydrogens is 428 g/mol. The summed E-state index contributed by atoms with van der Waals surface area (Å²) in [7, 11) is 0. The van der Waals surface area contributed by atoms with E-state index in [-0.39, 0.29) is 5.91 Å². The van der Waals surface area contributed by atoms with Crippen LogP contribution in [0, 0.1) is 13.8 Å². The number of amides is 1. The Morgan fingerprint density at radius 3 is 2.58 bits per heavy atom. The maximum absolute atomic E-state index is 12.4. The van der Waals surface area contributed by atoms with E-state index in [9.17, 15) is 4.79 Å². The third kappa shape index (κ3) is 4.62. The molecule has 2 aromatic carbocycles. The van der Waals surface area contributed by atoms with Gasteiger partial charge in [0.1, 0.15) is 5.01 Å². The molecule has 0 aliphatic rings. The minimum Gasteiger partial charge on any atom is -0.358 e. The van der Waals surface area contributed by atoms with Gasteiger partial charge in [0.15, 0.2) is 10.9 Å². The normalized spacial score (nSPS) is 10.9. The summed E-state index contributed by atoms with van der Waals surface area (Å²) in [6, 6.07) is 13.7. The van der Waals surface area contributed by atoms with E-state index < -0.39 is 0 Å². The van der Waals surface area contributed by atoms with Gasteiger partial charge in [-0.25, -0.2) is 0 Å². The summed E-state index contributed by atoms with van der Waals surface area (Å²) in [6.07, 6.45) is 0.787. The summed E-state index contributed by atoms with van der Waals surface area (Å²) < 4.78 is 1.80. The third-order valence-electron chi connectivity index (χ3n) is 5.02. The molecule has 0 saturated heterocycles. The van der Waals surface area contributed by atoms with Crippen molar-refractivity contribution >= 4 is 39.5 Å². The smallest absolute Gasteiger partial charge is 0.257 e. The first-order chi connectivity index (χ1) is 14.9. The fourth-order valence-corrected chi connectivity index (χ4v) is 4.07. The van der Waals surface area contributed by atoms with Gasteiger partial charge in [0.25, 0.3) is 5.91 Å². The molecule has 0 bridgehead atoms. The molecule has 4 aromatic rings. The maximum Gasteiger partial charge on any atom is 0.257 e. The standard InChI is InChI=1S/C22H22N6OS2/c1-4-18-25-26-22-28(18)27-20(31-22)16-9-6-15(7-10-16)12-23-21(30)24-19(29)17-8-5-13(2)14(3)11-17/h5-11H,4,12H2,1-3H3,(H2,23,24,29,30). The van der Waals surface area contributed by atoms with Gasteiger partial charge in [0, 0.05) is 24.1 Å². The van der Waals surface area contributed by atoms with Crippen LogP contribution in [-0.4, -0.2) is 30.8 Å². The second kappa shape index (κ2) is 8.91. The molecule has 0 aliphatic carbocycles. The number of benzene rings is 2. The second-order valence-electron chi connectivity index (χ2n) is 7.20. The highest BCUT2D eigenvalue weighted by Crippen LogP contribution is 2.25. The van der Waals surface area contributed by atoms with Gasteiger partial charge in [0.05, 0.1) is 0 Å². The van der Waals surface area contributed by atoms with Crippen LogP contribution >= 0.6 is 23.6 Å². The molecular formula is C22H22N6OS2. The van der Waals surface area contributed by atoms with Crippen LogP contribution in [0.3, 0.4) is 0 Å². The lowest BCUT2D eigenvalue weighted by molar-refractivity contribution is 0.0976. The molecule has 0 fully saturated rings. The highest BCUT2D eigenvalue weighted by atomic mass is 32.1. The lowest BCUT2D eigenvalue weighted by atomic mass is 10.1. The molecule has 1 amide bonds. The summed E-state index contributed by atoms with van der Waals surface area (Å²) >= 11 is 6.79. The summed E-state index contributed by atoms with van der Waals surface area (Å²) in [6.45, 7) is 6.54. The van der Waals surface area contributed by atoms with E-state index in [4.69, 9.17) is 12.2 Å². The van der Waals surface area contributed by atoms with Crippen molar-refractivity contribution in [3.63, 3.8) is 0 Å². The Balaban J connectivity index is 1.35. The second-order valence-corrected chi connectivity index (χ2v) is 8.57. The number of nitrogens with one attached hydrogen (secondary N) is 2. The van der Waals surface area contributed by atoms with E-state index in [1.807, 2.05) is 57.2 Å². The number of hydrogen-bond donors (Lipinski definition) is 2. The molecule has 158 valence electrons. The molecule has 0 spiro atoms. The first kappa shape index (κ1) is 21.1. The van der Waals surface area contributed by atoms with Crippen LogP contribution in [-0.2, 0) is 13.0 Å². The summed E-state index contributed by atoms with van der Waals surface area (Å²) in [4.78, 5) is 13.2. The quantitative estimate of drug-likeness (QED) is 0.450. The Labute approximate surface area is 189 Å². The number of fused-ring (bicyclic) bond motifs is 1. The number of aryl methyl sites for hydroxylation is 3. The van der Waals surface area contributed by atoms with Crippen LogP contribution in [0.25, 0.3) is 15.5 Å². The fourth-order valence-electron chi connectivity index (χ4n) is 3.04. The van der Waals surface area contributed by atoms with E-state index in [0.717, 1.165) is 44.5 Å². The Hall–Kier alpha value is -3.17. The highest BCUT2D eigenvalue weighted by Gasteiger charge is 2.12. The van der Waals surface area contributed by atoms with Crippen LogP contribution in [0.5, 0.6) is 0 Å². The van der Waals surface area contributed by atoms with Crippen molar-refractivity contribution in [3.8, 4) is 10.6 Å². The molecule has 2 aromatic heterocycles. The molecule has 7 nitrogen and oxygen atoms in total. The number of aromatic nitrogens is 4. The topological polar surface area (TPSA) is 84.2 Å². The molecule has 2 N–H and O–H groups in total. The molecule has 4 rings (SSSR count). The zero-order chi connectivity index (χ0) is 22.0. The van der Waals surface area contributed by atoms with Crippen molar-refractivity contribution < 1.29 is 4.79 Å². The zero-order valence-corrected chi connectivity index (χ0v) is 19.1. The van der Waals surface area contributed by atoms with Gasteiger partial charge < -0.3 is 5.32 Å². The largest absolute Gasteiger partial charge is 0.358 e. The van der Waals surface area contributed by atoms with Gasteiger partial charge in [-0.15, -0.1) is 10.2 Å². The number of hydrogen-bond acceptors (Lipinski definition) is 6. The first-order valence-electron chi connectivity index (χ1n) is 9.91. The van der Waals surface area contributed by atoms with E-state index in [1.54, 1.807) is 10.6 Å². The Morgan fingerprint density at radius 2 is 1.87 bits per heavy atom. The van der Waals surface area contributed by atoms with Crippen molar-refractivity contribution in [2.75, 3.05) is 0 Å². The molecule has 0 saturated carbocycles. The van der Waals surface area contributed by atoms with E-state index in [0.29, 0.717) is 17.2 Å². The number of nitrogens with zero attached hydrogens (tertiary/aromatic N) is 4. The van der Waals surface area contributed by atoms with Gasteiger partial charge in [0.2, 0.25) is 4.96 Å². The summed E-state index contributed by atoms with van der Waals surface area (Å²) in [5, 5.41) is 19.9. The first-order valence-corrected chi connectivity index (χ1v) is 11.1. The molecule has 9 heteroatoms. The SMILES string of the molecule is CCc1nnc2sc(-c3ccc(CNC(=S)NC(=O)c4ccc(C)c(C)c4)cc3)nn12. The van der Waals surface area contributed by atoms with Crippen LogP contribution in [0.15, 0.2) is 42.5 Å². The number of thiocarbonyl (C=S) groups is 1. The minimum absolute atomic E-state index is 0.217. The van der Waals surface area contributed by atoms with E-state index >= 15 is 0 Å². The lowest BCUT2D eigenvalue weighted by Crippen LogP contribution is -2.38. The van der Waals surface area contributed by atoms with Gasteiger partial charge in [-0.05, 0) is 54.9 Å². The van der Waals surface area contributed by atoms with Gasteiger partial charge in [-0.2, -0.15) is 9.61 Å². The van der Waals surface area contributed by atoms with Crippen molar-refractivity contribution in [1.29, 1.82) is 0 Å². The van der Waals surface area contributed by atoms with Gasteiger partial charge in [-0.3, -0.25) is 10.1 Å². The lowest BCUT2D eigenvalue weighted by Gasteiger charge is -2.11. The average Bonchev–Trinajstić information content (AvgIpc) is 3.35. The fraction of sp³-hybridized carbons (Fsp3) is 0.227. The van der Waals surface area contributed by atoms with Gasteiger partial charge >= 0.3 is 0 Å². The maximum atomic E-state index is 12.4. The average molecular weight is 451 g/mol. The molecule has 0 radical (unpaired) electrons. The minimum atomic E-state index is -0.217. The monoisotopic (exact) mass is 450 g/mol. The van der Waals surface area contributed by atoms with E-state index in [2.05, 4.69) is 25.9 Å². The number of rotatable bonds is 5. The van der Waals surface area contributed by atoms with Crippen molar-refractivity contribution in [2.24, 2.45) is 0 Å². The number of carbonyl (C=O) groups is 1. The molecule has 0 atom stereocenters. The van der Waals surface area contributed by atoms with Crippen molar-refractivity contribution in [1.82, 2.24) is 30.4 Å². The van der Waals surface area contributed by atoms with E-state index in [1.165, 1.54) is 11.3 Å². The van der Waals surface area contributed by atoms with Crippen LogP contribution in [0.1, 0.15) is 39.8 Å².